The number of H-pyrrole nitrogens is 1. The third-order valence-corrected chi connectivity index (χ3v) is 5.61. The fraction of sp³-hybridized carbons (Fsp3) is 0.333. The maximum atomic E-state index is 12.9. The second-order valence-electron chi connectivity index (χ2n) is 7.47. The van der Waals surface area contributed by atoms with E-state index in [1.807, 2.05) is 6.92 Å². The fourth-order valence-electron chi connectivity index (χ4n) is 3.50. The maximum Gasteiger partial charge on any atom is 0.274 e. The smallest absolute Gasteiger partial charge is 0.274 e. The van der Waals surface area contributed by atoms with Crippen LogP contribution in [0.15, 0.2) is 30.7 Å². The van der Waals surface area contributed by atoms with Crippen LogP contribution < -0.4 is 10.1 Å². The van der Waals surface area contributed by atoms with Crippen molar-refractivity contribution in [3.63, 3.8) is 0 Å². The van der Waals surface area contributed by atoms with Crippen LogP contribution in [0.4, 0.5) is 5.82 Å². The molecule has 0 spiro atoms. The molecule has 32 heavy (non-hydrogen) atoms. The highest BCUT2D eigenvalue weighted by molar-refractivity contribution is 6.33. The Labute approximate surface area is 189 Å². The number of nitrogens with one attached hydrogen (secondary N) is 2. The minimum Gasteiger partial charge on any atom is -0.481 e. The number of carbonyl (C=O) groups excluding carboxylic acids is 2. The van der Waals surface area contributed by atoms with Gasteiger partial charge in [-0.15, -0.1) is 0 Å². The highest BCUT2D eigenvalue weighted by Gasteiger charge is 2.29. The Hall–Kier alpha value is -3.53. The van der Waals surface area contributed by atoms with Gasteiger partial charge in [0.25, 0.3) is 5.91 Å². The van der Waals surface area contributed by atoms with Gasteiger partial charge in [0.2, 0.25) is 11.8 Å². The zero-order valence-corrected chi connectivity index (χ0v) is 18.4. The van der Waals surface area contributed by atoms with E-state index in [1.54, 1.807) is 23.2 Å². The zero-order valence-electron chi connectivity index (χ0n) is 17.6. The van der Waals surface area contributed by atoms with Gasteiger partial charge in [-0.2, -0.15) is 5.10 Å². The van der Waals surface area contributed by atoms with Crippen molar-refractivity contribution in [1.82, 2.24) is 30.0 Å². The van der Waals surface area contributed by atoms with Gasteiger partial charge in [-0.3, -0.25) is 19.7 Å². The average Bonchev–Trinajstić information content (AvgIpc) is 3.30. The number of halogens is 1. The summed E-state index contributed by atoms with van der Waals surface area (Å²) in [6.45, 7) is 2.75. The van der Waals surface area contributed by atoms with Crippen molar-refractivity contribution in [2.24, 2.45) is 5.92 Å². The quantitative estimate of drug-likeness (QED) is 0.605. The number of pyridine rings is 1. The number of nitrogens with zero attached hydrogens (tertiary/aromatic N) is 5. The molecule has 11 heteroatoms. The summed E-state index contributed by atoms with van der Waals surface area (Å²) < 4.78 is 5.13. The molecule has 1 aliphatic heterocycles. The molecule has 3 aromatic heterocycles. The minimum absolute atomic E-state index is 0.112. The van der Waals surface area contributed by atoms with E-state index in [9.17, 15) is 9.59 Å². The number of piperidine rings is 1. The summed E-state index contributed by atoms with van der Waals surface area (Å²) in [5, 5.41) is 10.2. The molecular formula is C21H22ClN7O3. The van der Waals surface area contributed by atoms with Gasteiger partial charge in [-0.05, 0) is 25.8 Å². The van der Waals surface area contributed by atoms with Gasteiger partial charge in [0.15, 0.2) is 11.5 Å². The molecule has 4 rings (SSSR count). The van der Waals surface area contributed by atoms with Crippen molar-refractivity contribution in [3.05, 3.63) is 47.1 Å². The van der Waals surface area contributed by atoms with Crippen molar-refractivity contribution >= 4 is 29.2 Å². The lowest BCUT2D eigenvalue weighted by Gasteiger charge is -2.30. The Morgan fingerprint density at radius 3 is 2.62 bits per heavy atom. The molecule has 10 nitrogen and oxygen atoms in total. The summed E-state index contributed by atoms with van der Waals surface area (Å²) >= 11 is 6.23. The van der Waals surface area contributed by atoms with Crippen LogP contribution in [-0.4, -0.2) is 62.1 Å². The molecule has 1 aliphatic rings. The molecule has 2 amide bonds. The molecule has 1 fully saturated rings. The van der Waals surface area contributed by atoms with Gasteiger partial charge < -0.3 is 15.0 Å². The molecule has 0 unspecified atom stereocenters. The summed E-state index contributed by atoms with van der Waals surface area (Å²) in [5.74, 6) is 0.324. The largest absolute Gasteiger partial charge is 0.481 e. The lowest BCUT2D eigenvalue weighted by atomic mass is 9.95. The number of carbonyl (C=O) groups is 2. The molecular weight excluding hydrogens is 434 g/mol. The first-order valence-electron chi connectivity index (χ1n) is 10.1. The number of hydrogen-bond donors (Lipinski definition) is 2. The highest BCUT2D eigenvalue weighted by Crippen LogP contribution is 2.29. The van der Waals surface area contributed by atoms with Crippen molar-refractivity contribution in [3.8, 4) is 17.1 Å². The number of aromatic nitrogens is 5. The Kier molecular flexibility index (Phi) is 6.31. The summed E-state index contributed by atoms with van der Waals surface area (Å²) in [4.78, 5) is 39.4. The van der Waals surface area contributed by atoms with E-state index >= 15 is 0 Å². The van der Waals surface area contributed by atoms with Crippen LogP contribution in [0, 0.1) is 12.8 Å². The van der Waals surface area contributed by atoms with E-state index < -0.39 is 0 Å². The van der Waals surface area contributed by atoms with Gasteiger partial charge in [-0.25, -0.2) is 9.97 Å². The first-order valence-corrected chi connectivity index (χ1v) is 10.5. The molecule has 166 valence electrons. The number of anilines is 1. The first-order chi connectivity index (χ1) is 15.4. The molecule has 0 saturated carbocycles. The predicted octanol–water partition coefficient (Wildman–Crippen LogP) is 2.72. The number of amides is 2. The molecule has 2 N–H and O–H groups in total. The average molecular weight is 456 g/mol. The van der Waals surface area contributed by atoms with Crippen LogP contribution in [0.3, 0.4) is 0 Å². The summed E-state index contributed by atoms with van der Waals surface area (Å²) in [6.07, 6.45) is 5.73. The summed E-state index contributed by atoms with van der Waals surface area (Å²) in [5.41, 5.74) is 2.29. The van der Waals surface area contributed by atoms with Gasteiger partial charge in [0.05, 0.1) is 42.1 Å². The second-order valence-corrected chi connectivity index (χ2v) is 7.88. The van der Waals surface area contributed by atoms with Crippen LogP contribution >= 0.6 is 11.6 Å². The van der Waals surface area contributed by atoms with Crippen molar-refractivity contribution < 1.29 is 14.3 Å². The number of rotatable bonds is 5. The molecule has 0 bridgehead atoms. The number of aryl methyl sites for hydroxylation is 1. The minimum atomic E-state index is -0.201. The Morgan fingerprint density at radius 2 is 1.94 bits per heavy atom. The van der Waals surface area contributed by atoms with Crippen LogP contribution in [0.1, 0.15) is 29.0 Å². The third-order valence-electron chi connectivity index (χ3n) is 5.31. The highest BCUT2D eigenvalue weighted by atomic mass is 35.5. The molecule has 0 aliphatic carbocycles. The number of methoxy groups -OCH3 is 1. The lowest BCUT2D eigenvalue weighted by molar-refractivity contribution is -0.121. The number of likely N-dealkylation sites (tertiary alicyclic amines) is 1. The topological polar surface area (TPSA) is 126 Å². The second kappa shape index (κ2) is 9.31. The zero-order chi connectivity index (χ0) is 22.7. The standard InChI is InChI=1S/C21H22ClN7O3/c1-12-9-24-18(11-23-12)26-20(30)13-3-5-29(6-4-13)21(31)17-8-16(27-28-17)14-7-19(32-2)25-10-15(14)22/h7-11,13H,3-6H2,1-2H3,(H,27,28)(H,24,26,30). The first kappa shape index (κ1) is 21.7. The van der Waals surface area contributed by atoms with Crippen molar-refractivity contribution in [1.29, 1.82) is 0 Å². The maximum absolute atomic E-state index is 12.9. The third kappa shape index (κ3) is 4.70. The van der Waals surface area contributed by atoms with E-state index in [0.717, 1.165) is 5.69 Å². The van der Waals surface area contributed by atoms with Crippen LogP contribution in [0.2, 0.25) is 5.02 Å². The predicted molar refractivity (Wildman–Crippen MR) is 117 cm³/mol. The van der Waals surface area contributed by atoms with E-state index in [-0.39, 0.29) is 23.4 Å². The van der Waals surface area contributed by atoms with Gasteiger partial charge >= 0.3 is 0 Å². The van der Waals surface area contributed by atoms with Gasteiger partial charge in [0, 0.05) is 30.6 Å². The van der Waals surface area contributed by atoms with E-state index in [1.165, 1.54) is 19.5 Å². The summed E-state index contributed by atoms with van der Waals surface area (Å²) in [6, 6.07) is 3.32. The molecule has 0 aromatic carbocycles. The molecule has 1 saturated heterocycles. The number of hydrogen-bond acceptors (Lipinski definition) is 7. The lowest BCUT2D eigenvalue weighted by Crippen LogP contribution is -2.41. The van der Waals surface area contributed by atoms with Gasteiger partial charge in [0.1, 0.15) is 0 Å². The summed E-state index contributed by atoms with van der Waals surface area (Å²) in [7, 11) is 1.51. The SMILES string of the molecule is COc1cc(-c2cc(C(=O)N3CCC(C(=O)Nc4cnc(C)cn4)CC3)n[nH]2)c(Cl)cn1. The van der Waals surface area contributed by atoms with Crippen LogP contribution in [-0.2, 0) is 4.79 Å². The Bertz CT molecular complexity index is 1120. The Balaban J connectivity index is 1.37. The van der Waals surface area contributed by atoms with Crippen molar-refractivity contribution in [2.45, 2.75) is 19.8 Å². The molecule has 0 atom stereocenters. The van der Waals surface area contributed by atoms with E-state index in [2.05, 4.69) is 30.5 Å². The molecule has 3 aromatic rings. The number of aromatic amines is 1. The van der Waals surface area contributed by atoms with Crippen molar-refractivity contribution in [2.75, 3.05) is 25.5 Å². The van der Waals surface area contributed by atoms with Crippen LogP contribution in [0.25, 0.3) is 11.3 Å². The van der Waals surface area contributed by atoms with Gasteiger partial charge in [-0.1, -0.05) is 11.6 Å². The normalized spacial score (nSPS) is 14.3. The monoisotopic (exact) mass is 455 g/mol. The number of ether oxygens (including phenoxy) is 1. The molecule has 0 radical (unpaired) electrons. The Morgan fingerprint density at radius 1 is 1.16 bits per heavy atom. The van der Waals surface area contributed by atoms with E-state index in [4.69, 9.17) is 16.3 Å². The molecule has 4 heterocycles. The van der Waals surface area contributed by atoms with E-state index in [0.29, 0.717) is 53.9 Å². The van der Waals surface area contributed by atoms with Crippen LogP contribution in [0.5, 0.6) is 5.88 Å². The fourth-order valence-corrected chi connectivity index (χ4v) is 3.70.